The van der Waals surface area contributed by atoms with Crippen molar-refractivity contribution in [3.8, 4) is 5.75 Å². The van der Waals surface area contributed by atoms with E-state index in [1.165, 1.54) is 71.7 Å². The number of esters is 2. The average molecular weight is 479 g/mol. The Morgan fingerprint density at radius 2 is 1.35 bits per heavy atom. The van der Waals surface area contributed by atoms with E-state index in [0.29, 0.717) is 17.9 Å². The van der Waals surface area contributed by atoms with E-state index >= 15 is 0 Å². The van der Waals surface area contributed by atoms with Crippen molar-refractivity contribution in [1.29, 1.82) is 0 Å². The third kappa shape index (κ3) is 13.4. The van der Waals surface area contributed by atoms with E-state index in [0.717, 1.165) is 12.8 Å². The van der Waals surface area contributed by atoms with Crippen molar-refractivity contribution in [3.05, 3.63) is 35.4 Å². The summed E-state index contributed by atoms with van der Waals surface area (Å²) in [6.07, 6.45) is 13.5. The van der Waals surface area contributed by atoms with Crippen LogP contribution in [-0.4, -0.2) is 57.2 Å². The molecule has 1 N–H and O–H groups in total. The fourth-order valence-electron chi connectivity index (χ4n) is 3.40. The topological polar surface area (TPSA) is 91.3 Å². The lowest BCUT2D eigenvalue weighted by atomic mass is 10.1. The smallest absolute Gasteiger partial charge is 0.345 e. The van der Waals surface area contributed by atoms with Crippen LogP contribution in [0, 0.1) is 0 Å². The lowest BCUT2D eigenvalue weighted by Gasteiger charge is -2.13. The van der Waals surface area contributed by atoms with E-state index in [-0.39, 0.29) is 18.8 Å². The molecule has 7 heteroatoms. The molecule has 0 amide bonds. The first kappa shape index (κ1) is 29.7. The summed E-state index contributed by atoms with van der Waals surface area (Å²) in [6, 6.07) is 6.76. The van der Waals surface area contributed by atoms with Crippen molar-refractivity contribution in [1.82, 2.24) is 0 Å². The van der Waals surface area contributed by atoms with Crippen LogP contribution in [0.4, 0.5) is 0 Å². The first-order chi connectivity index (χ1) is 16.5. The molecular weight excluding hydrogens is 436 g/mol. The minimum Gasteiger partial charge on any atom is -0.491 e. The van der Waals surface area contributed by atoms with Crippen molar-refractivity contribution in [3.63, 3.8) is 0 Å². The zero-order chi connectivity index (χ0) is 25.0. The largest absolute Gasteiger partial charge is 0.491 e. The number of hydrogen-bond donors (Lipinski definition) is 1. The second-order valence-electron chi connectivity index (χ2n) is 8.33. The number of hydrogen-bond acceptors (Lipinski definition) is 7. The normalized spacial score (nSPS) is 11.5. The lowest BCUT2D eigenvalue weighted by molar-refractivity contribution is -0.143. The standard InChI is InChI=1S/C27H42O7/c1-4-5-6-7-8-9-10-11-12-13-18-33-20-23(28)21-34-24-16-14-22(15-17-24)19-25(26(29)31-2)27(30)32-3/h14-17,19,23,28H,4-13,18,20-21H2,1-3H3. The van der Waals surface area contributed by atoms with E-state index in [4.69, 9.17) is 9.47 Å². The van der Waals surface area contributed by atoms with Crippen LogP contribution in [0.25, 0.3) is 6.08 Å². The fraction of sp³-hybridized carbons (Fsp3) is 0.630. The quantitative estimate of drug-likeness (QED) is 0.0973. The Balaban J connectivity index is 2.20. The monoisotopic (exact) mass is 478 g/mol. The van der Waals surface area contributed by atoms with E-state index < -0.39 is 18.0 Å². The number of ether oxygens (including phenoxy) is 4. The summed E-state index contributed by atoms with van der Waals surface area (Å²) in [7, 11) is 2.39. The Morgan fingerprint density at radius 1 is 0.824 bits per heavy atom. The Labute approximate surface area is 204 Å². The highest BCUT2D eigenvalue weighted by Crippen LogP contribution is 2.16. The SMILES string of the molecule is CCCCCCCCCCCCOCC(O)COc1ccc(C=C(C(=O)OC)C(=O)OC)cc1. The van der Waals surface area contributed by atoms with Crippen molar-refractivity contribution in [2.45, 2.75) is 77.2 Å². The van der Waals surface area contributed by atoms with Gasteiger partial charge in [0.15, 0.2) is 0 Å². The zero-order valence-corrected chi connectivity index (χ0v) is 21.1. The molecule has 192 valence electrons. The van der Waals surface area contributed by atoms with Gasteiger partial charge in [-0.15, -0.1) is 0 Å². The second kappa shape index (κ2) is 19.0. The van der Waals surface area contributed by atoms with Gasteiger partial charge in [0.1, 0.15) is 24.0 Å². The van der Waals surface area contributed by atoms with Crippen LogP contribution >= 0.6 is 0 Å². The molecule has 1 aromatic carbocycles. The Kier molecular flexibility index (Phi) is 16.6. The highest BCUT2D eigenvalue weighted by Gasteiger charge is 2.19. The molecule has 34 heavy (non-hydrogen) atoms. The van der Waals surface area contributed by atoms with Crippen molar-refractivity contribution < 1.29 is 33.6 Å². The molecule has 0 bridgehead atoms. The van der Waals surface area contributed by atoms with Crippen LogP contribution < -0.4 is 4.74 Å². The van der Waals surface area contributed by atoms with Gasteiger partial charge in [0.05, 0.1) is 20.8 Å². The van der Waals surface area contributed by atoms with Gasteiger partial charge in [-0.3, -0.25) is 0 Å². The molecule has 0 spiro atoms. The van der Waals surface area contributed by atoms with Crippen LogP contribution in [0.3, 0.4) is 0 Å². The molecule has 0 saturated carbocycles. The molecule has 0 aromatic heterocycles. The summed E-state index contributed by atoms with van der Waals surface area (Å²) >= 11 is 0. The molecule has 7 nitrogen and oxygen atoms in total. The summed E-state index contributed by atoms with van der Waals surface area (Å²) in [5.41, 5.74) is 0.409. The number of benzene rings is 1. The van der Waals surface area contributed by atoms with Gasteiger partial charge >= 0.3 is 11.9 Å². The molecule has 1 aromatic rings. The molecule has 0 saturated heterocycles. The lowest BCUT2D eigenvalue weighted by Crippen LogP contribution is -2.23. The highest BCUT2D eigenvalue weighted by atomic mass is 16.5. The van der Waals surface area contributed by atoms with Gasteiger partial charge in [0.25, 0.3) is 0 Å². The maximum Gasteiger partial charge on any atom is 0.345 e. The van der Waals surface area contributed by atoms with Gasteiger partial charge in [-0.05, 0) is 30.2 Å². The van der Waals surface area contributed by atoms with Crippen molar-refractivity contribution in [2.24, 2.45) is 0 Å². The van der Waals surface area contributed by atoms with Crippen molar-refractivity contribution in [2.75, 3.05) is 34.0 Å². The minimum absolute atomic E-state index is 0.114. The van der Waals surface area contributed by atoms with Crippen LogP contribution in [0.1, 0.15) is 76.7 Å². The van der Waals surface area contributed by atoms with Gasteiger partial charge in [-0.1, -0.05) is 76.8 Å². The summed E-state index contributed by atoms with van der Waals surface area (Å²) < 4.78 is 20.4. The highest BCUT2D eigenvalue weighted by molar-refractivity contribution is 6.17. The molecule has 1 atom stereocenters. The molecule has 0 aliphatic carbocycles. The Hall–Kier alpha value is -2.38. The van der Waals surface area contributed by atoms with E-state index in [1.54, 1.807) is 24.3 Å². The fourth-order valence-corrected chi connectivity index (χ4v) is 3.40. The molecule has 0 fully saturated rings. The summed E-state index contributed by atoms with van der Waals surface area (Å²) in [6.45, 7) is 3.24. The Bertz CT molecular complexity index is 694. The number of aliphatic hydroxyl groups is 1. The summed E-state index contributed by atoms with van der Waals surface area (Å²) in [5, 5.41) is 10.1. The molecule has 1 rings (SSSR count). The maximum atomic E-state index is 11.7. The van der Waals surface area contributed by atoms with Crippen LogP contribution in [0.15, 0.2) is 29.8 Å². The first-order valence-corrected chi connectivity index (χ1v) is 12.4. The number of rotatable bonds is 19. The molecule has 0 aliphatic heterocycles. The second-order valence-corrected chi connectivity index (χ2v) is 8.33. The van der Waals surface area contributed by atoms with E-state index in [2.05, 4.69) is 16.4 Å². The number of methoxy groups -OCH3 is 2. The summed E-state index contributed by atoms with van der Waals surface area (Å²) in [5.74, 6) is -0.982. The summed E-state index contributed by atoms with van der Waals surface area (Å²) in [4.78, 5) is 23.5. The molecular formula is C27H42O7. The zero-order valence-electron chi connectivity index (χ0n) is 21.1. The van der Waals surface area contributed by atoms with Crippen molar-refractivity contribution >= 4 is 18.0 Å². The molecule has 0 heterocycles. The maximum absolute atomic E-state index is 11.7. The van der Waals surface area contributed by atoms with Crippen LogP contribution in [0.5, 0.6) is 5.75 Å². The Morgan fingerprint density at radius 3 is 1.88 bits per heavy atom. The van der Waals surface area contributed by atoms with Gasteiger partial charge in [-0.25, -0.2) is 9.59 Å². The number of unbranched alkanes of at least 4 members (excludes halogenated alkanes) is 9. The third-order valence-corrected chi connectivity index (χ3v) is 5.40. The molecule has 1 unspecified atom stereocenters. The predicted molar refractivity (Wildman–Crippen MR) is 133 cm³/mol. The minimum atomic E-state index is -0.770. The van der Waals surface area contributed by atoms with E-state index in [1.807, 2.05) is 0 Å². The predicted octanol–water partition coefficient (Wildman–Crippen LogP) is 5.09. The van der Waals surface area contributed by atoms with Gasteiger partial charge < -0.3 is 24.1 Å². The van der Waals surface area contributed by atoms with Gasteiger partial charge in [0.2, 0.25) is 0 Å². The van der Waals surface area contributed by atoms with Crippen LogP contribution in [0.2, 0.25) is 0 Å². The number of carbonyl (C=O) groups excluding carboxylic acids is 2. The van der Waals surface area contributed by atoms with Crippen LogP contribution in [-0.2, 0) is 23.8 Å². The molecule has 0 radical (unpaired) electrons. The average Bonchev–Trinajstić information content (AvgIpc) is 2.86. The number of carbonyl (C=O) groups is 2. The number of aliphatic hydroxyl groups excluding tert-OH is 1. The van der Waals surface area contributed by atoms with Gasteiger partial charge in [0, 0.05) is 6.61 Å². The van der Waals surface area contributed by atoms with Gasteiger partial charge in [-0.2, -0.15) is 0 Å². The molecule has 0 aliphatic rings. The van der Waals surface area contributed by atoms with E-state index in [9.17, 15) is 14.7 Å². The third-order valence-electron chi connectivity index (χ3n) is 5.40. The first-order valence-electron chi connectivity index (χ1n) is 12.4.